The number of ether oxygens (including phenoxy) is 2. The highest BCUT2D eigenvalue weighted by molar-refractivity contribution is 6.30. The number of benzene rings is 3. The molecule has 0 aliphatic carbocycles. The van der Waals surface area contributed by atoms with Gasteiger partial charge in [-0.15, -0.1) is 0 Å². The average molecular weight is 449 g/mol. The zero-order valence-corrected chi connectivity index (χ0v) is 17.0. The molecule has 0 fully saturated rings. The number of non-ortho nitro benzene ring substituents is 1. The van der Waals surface area contributed by atoms with Gasteiger partial charge in [-0.2, -0.15) is 0 Å². The van der Waals surface area contributed by atoms with E-state index in [-0.39, 0.29) is 28.6 Å². The van der Waals surface area contributed by atoms with Gasteiger partial charge >= 0.3 is 11.9 Å². The van der Waals surface area contributed by atoms with E-state index >= 15 is 0 Å². The Labute approximate surface area is 186 Å². The molecule has 0 radical (unpaired) electrons. The van der Waals surface area contributed by atoms with Crippen LogP contribution in [0.15, 0.2) is 83.5 Å². The Kier molecular flexibility index (Phi) is 5.78. The van der Waals surface area contributed by atoms with Crippen molar-refractivity contribution in [1.82, 2.24) is 0 Å². The Balaban J connectivity index is 1.48. The van der Waals surface area contributed by atoms with Gasteiger partial charge in [-0.1, -0.05) is 29.8 Å². The van der Waals surface area contributed by atoms with Crippen molar-refractivity contribution < 1.29 is 24.0 Å². The average Bonchev–Trinajstić information content (AvgIpc) is 3.15. The first-order valence-electron chi connectivity index (χ1n) is 9.24. The molecule has 9 heteroatoms. The lowest BCUT2D eigenvalue weighted by atomic mass is 10.2. The van der Waals surface area contributed by atoms with Crippen LogP contribution in [0, 0.1) is 10.1 Å². The Bertz CT molecular complexity index is 1280. The van der Waals surface area contributed by atoms with Crippen molar-refractivity contribution >= 4 is 41.2 Å². The molecular weight excluding hydrogens is 436 g/mol. The Morgan fingerprint density at radius 3 is 2.47 bits per heavy atom. The van der Waals surface area contributed by atoms with E-state index in [1.807, 2.05) is 0 Å². The number of cyclic esters (lactones) is 1. The fraction of sp³-hybridized carbons (Fsp3) is 0. The van der Waals surface area contributed by atoms with Crippen LogP contribution in [-0.4, -0.2) is 22.8 Å². The molecule has 3 aromatic carbocycles. The molecule has 4 rings (SSSR count). The van der Waals surface area contributed by atoms with Gasteiger partial charge in [0.25, 0.3) is 5.69 Å². The van der Waals surface area contributed by atoms with Gasteiger partial charge < -0.3 is 9.47 Å². The fourth-order valence-electron chi connectivity index (χ4n) is 2.83. The summed E-state index contributed by atoms with van der Waals surface area (Å²) >= 11 is 5.86. The van der Waals surface area contributed by atoms with Crippen LogP contribution in [0.4, 0.5) is 5.69 Å². The van der Waals surface area contributed by atoms with Crippen molar-refractivity contribution in [2.75, 3.05) is 0 Å². The molecule has 8 nitrogen and oxygen atoms in total. The van der Waals surface area contributed by atoms with Crippen molar-refractivity contribution in [2.45, 2.75) is 0 Å². The van der Waals surface area contributed by atoms with Crippen molar-refractivity contribution in [3.05, 3.63) is 110 Å². The standard InChI is InChI=1S/C23H13ClN2O6/c24-17-8-6-15(7-9-17)21-25-20(23(28)32-21)12-14-4-10-19(11-5-14)31-22(27)16-2-1-3-18(13-16)26(29)30/h1-13H/b20-12+. The van der Waals surface area contributed by atoms with E-state index < -0.39 is 16.9 Å². The minimum Gasteiger partial charge on any atom is -0.423 e. The number of halogens is 1. The highest BCUT2D eigenvalue weighted by atomic mass is 35.5. The van der Waals surface area contributed by atoms with Crippen LogP contribution in [0.1, 0.15) is 21.5 Å². The van der Waals surface area contributed by atoms with Gasteiger partial charge in [0.05, 0.1) is 10.5 Å². The molecule has 0 unspecified atom stereocenters. The summed E-state index contributed by atoms with van der Waals surface area (Å²) in [5, 5.41) is 11.4. The molecule has 1 heterocycles. The van der Waals surface area contributed by atoms with Gasteiger partial charge in [0.15, 0.2) is 5.70 Å². The number of esters is 2. The fourth-order valence-corrected chi connectivity index (χ4v) is 2.95. The number of hydrogen-bond acceptors (Lipinski definition) is 7. The van der Waals surface area contributed by atoms with Gasteiger partial charge in [-0.3, -0.25) is 10.1 Å². The predicted octanol–water partition coefficient (Wildman–Crippen LogP) is 4.81. The van der Waals surface area contributed by atoms with Crippen molar-refractivity contribution in [1.29, 1.82) is 0 Å². The summed E-state index contributed by atoms with van der Waals surface area (Å²) in [4.78, 5) is 38.9. The van der Waals surface area contributed by atoms with Crippen LogP contribution in [0.3, 0.4) is 0 Å². The number of hydrogen-bond donors (Lipinski definition) is 0. The third kappa shape index (κ3) is 4.71. The van der Waals surface area contributed by atoms with Gasteiger partial charge in [0.1, 0.15) is 5.75 Å². The Morgan fingerprint density at radius 1 is 1.06 bits per heavy atom. The van der Waals surface area contributed by atoms with Gasteiger partial charge in [0.2, 0.25) is 5.90 Å². The molecule has 1 aliphatic heterocycles. The summed E-state index contributed by atoms with van der Waals surface area (Å²) in [6.45, 7) is 0. The number of nitro groups is 1. The minimum absolute atomic E-state index is 0.0585. The van der Waals surface area contributed by atoms with Crippen LogP contribution in [-0.2, 0) is 9.53 Å². The lowest BCUT2D eigenvalue weighted by molar-refractivity contribution is -0.384. The quantitative estimate of drug-likeness (QED) is 0.182. The lowest BCUT2D eigenvalue weighted by Crippen LogP contribution is -2.08. The van der Waals surface area contributed by atoms with Crippen LogP contribution < -0.4 is 4.74 Å². The minimum atomic E-state index is -0.726. The first-order chi connectivity index (χ1) is 15.4. The highest BCUT2D eigenvalue weighted by Crippen LogP contribution is 2.22. The second-order valence-corrected chi connectivity index (χ2v) is 7.05. The summed E-state index contributed by atoms with van der Waals surface area (Å²) in [6.07, 6.45) is 1.54. The van der Waals surface area contributed by atoms with E-state index in [0.717, 1.165) is 6.07 Å². The molecule has 0 N–H and O–H groups in total. The summed E-state index contributed by atoms with van der Waals surface area (Å²) in [5.41, 5.74) is 1.23. The van der Waals surface area contributed by atoms with Gasteiger partial charge in [0, 0.05) is 22.7 Å². The molecule has 0 amide bonds. The molecule has 158 valence electrons. The summed E-state index contributed by atoms with van der Waals surface area (Å²) in [5.74, 6) is -0.893. The molecule has 0 atom stereocenters. The monoisotopic (exact) mass is 448 g/mol. The normalized spacial score (nSPS) is 14.1. The third-order valence-corrected chi connectivity index (χ3v) is 4.65. The summed E-state index contributed by atoms with van der Waals surface area (Å²) in [7, 11) is 0. The Hall–Kier alpha value is -4.30. The number of aliphatic imine (C=N–C) groups is 1. The van der Waals surface area contributed by atoms with Crippen LogP contribution in [0.2, 0.25) is 5.02 Å². The number of carbonyl (C=O) groups excluding carboxylic acids is 2. The van der Waals surface area contributed by atoms with Crippen molar-refractivity contribution in [2.24, 2.45) is 4.99 Å². The number of rotatable bonds is 5. The molecule has 1 aliphatic rings. The maximum atomic E-state index is 12.2. The number of nitro benzene ring substituents is 1. The summed E-state index contributed by atoms with van der Waals surface area (Å²) in [6, 6.07) is 18.3. The largest absolute Gasteiger partial charge is 0.423 e. The van der Waals surface area contributed by atoms with E-state index in [1.165, 1.54) is 36.4 Å². The van der Waals surface area contributed by atoms with Crippen LogP contribution in [0.25, 0.3) is 6.08 Å². The third-order valence-electron chi connectivity index (χ3n) is 4.40. The number of nitrogens with zero attached hydrogens (tertiary/aromatic N) is 2. The van der Waals surface area contributed by atoms with Gasteiger partial charge in [-0.05, 0) is 54.1 Å². The van der Waals surface area contributed by atoms with E-state index in [4.69, 9.17) is 21.1 Å². The topological polar surface area (TPSA) is 108 Å². The maximum Gasteiger partial charge on any atom is 0.363 e. The molecule has 0 aromatic heterocycles. The van der Waals surface area contributed by atoms with E-state index in [0.29, 0.717) is 16.1 Å². The first-order valence-corrected chi connectivity index (χ1v) is 9.62. The molecule has 3 aromatic rings. The molecule has 0 saturated heterocycles. The van der Waals surface area contributed by atoms with Crippen LogP contribution >= 0.6 is 11.6 Å². The maximum absolute atomic E-state index is 12.2. The SMILES string of the molecule is O=C1OC(c2ccc(Cl)cc2)=N/C1=C/c1ccc(OC(=O)c2cccc([N+](=O)[O-])c2)cc1. The van der Waals surface area contributed by atoms with E-state index in [1.54, 1.807) is 36.4 Å². The second kappa shape index (κ2) is 8.83. The smallest absolute Gasteiger partial charge is 0.363 e. The molecule has 0 bridgehead atoms. The number of carbonyl (C=O) groups is 2. The summed E-state index contributed by atoms with van der Waals surface area (Å²) < 4.78 is 10.5. The second-order valence-electron chi connectivity index (χ2n) is 6.61. The van der Waals surface area contributed by atoms with Crippen LogP contribution in [0.5, 0.6) is 5.75 Å². The molecule has 0 saturated carbocycles. The molecule has 0 spiro atoms. The van der Waals surface area contributed by atoms with E-state index in [2.05, 4.69) is 4.99 Å². The zero-order valence-electron chi connectivity index (χ0n) is 16.2. The first kappa shape index (κ1) is 21.0. The van der Waals surface area contributed by atoms with Crippen molar-refractivity contribution in [3.8, 4) is 5.75 Å². The highest BCUT2D eigenvalue weighted by Gasteiger charge is 2.24. The van der Waals surface area contributed by atoms with Gasteiger partial charge in [-0.25, -0.2) is 14.6 Å². The lowest BCUT2D eigenvalue weighted by Gasteiger charge is -2.04. The molecular formula is C23H13ClN2O6. The van der Waals surface area contributed by atoms with E-state index in [9.17, 15) is 19.7 Å². The molecule has 32 heavy (non-hydrogen) atoms. The van der Waals surface area contributed by atoms with Crippen molar-refractivity contribution in [3.63, 3.8) is 0 Å². The Morgan fingerprint density at radius 2 is 1.78 bits per heavy atom. The zero-order chi connectivity index (χ0) is 22.7. The predicted molar refractivity (Wildman–Crippen MR) is 117 cm³/mol.